The van der Waals surface area contributed by atoms with Crippen LogP contribution < -0.4 is 0 Å². The summed E-state index contributed by atoms with van der Waals surface area (Å²) in [7, 11) is 1.87. The van der Waals surface area contributed by atoms with Gasteiger partial charge in [-0.2, -0.15) is 0 Å². The summed E-state index contributed by atoms with van der Waals surface area (Å²) in [5, 5.41) is 0. The Bertz CT molecular complexity index is 480. The van der Waals surface area contributed by atoms with Crippen molar-refractivity contribution in [2.24, 2.45) is 22.7 Å². The molecule has 2 aliphatic carbocycles. The van der Waals surface area contributed by atoms with Crippen LogP contribution in [-0.4, -0.2) is 13.7 Å². The van der Waals surface area contributed by atoms with E-state index in [0.717, 1.165) is 12.5 Å². The lowest BCUT2D eigenvalue weighted by Gasteiger charge is -2.55. The number of rotatable bonds is 5. The zero-order valence-corrected chi connectivity index (χ0v) is 16.6. The lowest BCUT2D eigenvalue weighted by atomic mass is 9.50. The molecule has 0 radical (unpaired) electrons. The van der Waals surface area contributed by atoms with E-state index >= 15 is 0 Å². The highest BCUT2D eigenvalue weighted by Crippen LogP contribution is 2.59. The molecular weight excluding hydrogens is 280 g/mol. The molecule has 0 heterocycles. The van der Waals surface area contributed by atoms with Crippen molar-refractivity contribution < 1.29 is 4.74 Å². The summed E-state index contributed by atoms with van der Waals surface area (Å²) in [6, 6.07) is 0. The van der Waals surface area contributed by atoms with Gasteiger partial charge in [0.15, 0.2) is 0 Å². The lowest BCUT2D eigenvalue weighted by Crippen LogP contribution is -2.48. The molecule has 0 aliphatic heterocycles. The molecule has 0 N–H and O–H groups in total. The van der Waals surface area contributed by atoms with Crippen molar-refractivity contribution in [3.05, 3.63) is 22.8 Å². The van der Waals surface area contributed by atoms with Crippen molar-refractivity contribution in [1.29, 1.82) is 0 Å². The molecule has 1 saturated carbocycles. The topological polar surface area (TPSA) is 9.23 Å². The molecule has 0 spiro atoms. The lowest BCUT2D eigenvalue weighted by molar-refractivity contribution is -0.0491. The molecular formula is C22H38O. The number of fused-ring (bicyclic) bond motifs is 1. The van der Waals surface area contributed by atoms with Crippen LogP contribution in [0.2, 0.25) is 0 Å². The van der Waals surface area contributed by atoms with E-state index in [2.05, 4.69) is 47.6 Å². The molecule has 0 aromatic rings. The third-order valence-corrected chi connectivity index (χ3v) is 7.08. The molecule has 1 heteroatoms. The van der Waals surface area contributed by atoms with Crippen LogP contribution in [0.3, 0.4) is 0 Å². The number of hydrogen-bond donors (Lipinski definition) is 0. The van der Waals surface area contributed by atoms with Crippen LogP contribution in [0.15, 0.2) is 22.8 Å². The Balaban J connectivity index is 2.39. The summed E-state index contributed by atoms with van der Waals surface area (Å²) in [5.41, 5.74) is 5.63. The van der Waals surface area contributed by atoms with Crippen LogP contribution >= 0.6 is 0 Å². The molecule has 0 aromatic heterocycles. The van der Waals surface area contributed by atoms with Gasteiger partial charge < -0.3 is 4.74 Å². The largest absolute Gasteiger partial charge is 0.384 e. The quantitative estimate of drug-likeness (QED) is 0.558. The first-order valence-electron chi connectivity index (χ1n) is 9.68. The van der Waals surface area contributed by atoms with E-state index in [0.29, 0.717) is 16.7 Å². The molecule has 0 aromatic carbocycles. The predicted octanol–water partition coefficient (Wildman–Crippen LogP) is 6.55. The molecule has 0 bridgehead atoms. The molecule has 3 atom stereocenters. The number of methoxy groups -OCH3 is 1. The van der Waals surface area contributed by atoms with Crippen molar-refractivity contribution in [1.82, 2.24) is 0 Å². The summed E-state index contributed by atoms with van der Waals surface area (Å²) in [4.78, 5) is 0. The molecule has 2 rings (SSSR count). The fourth-order valence-electron chi connectivity index (χ4n) is 5.53. The Morgan fingerprint density at radius 2 is 2.00 bits per heavy atom. The van der Waals surface area contributed by atoms with Crippen LogP contribution in [0, 0.1) is 22.7 Å². The highest BCUT2D eigenvalue weighted by molar-refractivity contribution is 5.36. The SMILES string of the molecule is CC/C(=C\C1=C(C)C2(C)CCCC(C)(COC)C2CC1)C(C)C. The maximum absolute atomic E-state index is 5.63. The fraction of sp³-hybridized carbons (Fsp3) is 0.818. The molecule has 0 amide bonds. The van der Waals surface area contributed by atoms with Gasteiger partial charge in [0.1, 0.15) is 0 Å². The minimum Gasteiger partial charge on any atom is -0.384 e. The first-order chi connectivity index (χ1) is 10.8. The second-order valence-corrected chi connectivity index (χ2v) is 8.83. The molecule has 0 saturated heterocycles. The van der Waals surface area contributed by atoms with Crippen molar-refractivity contribution >= 4 is 0 Å². The molecule has 3 unspecified atom stereocenters. The van der Waals surface area contributed by atoms with Gasteiger partial charge in [-0.25, -0.2) is 0 Å². The first-order valence-corrected chi connectivity index (χ1v) is 9.68. The molecule has 2 aliphatic rings. The molecule has 1 fully saturated rings. The van der Waals surface area contributed by atoms with E-state index < -0.39 is 0 Å². The number of allylic oxidation sites excluding steroid dienone is 4. The third kappa shape index (κ3) is 3.45. The normalized spacial score (nSPS) is 35.7. The Hall–Kier alpha value is -0.560. The molecule has 132 valence electrons. The molecule has 1 nitrogen and oxygen atoms in total. The minimum absolute atomic E-state index is 0.351. The van der Waals surface area contributed by atoms with Gasteiger partial charge in [-0.15, -0.1) is 0 Å². The summed E-state index contributed by atoms with van der Waals surface area (Å²) < 4.78 is 5.63. The van der Waals surface area contributed by atoms with Gasteiger partial charge in [0.25, 0.3) is 0 Å². The van der Waals surface area contributed by atoms with Crippen LogP contribution in [0.4, 0.5) is 0 Å². The second kappa shape index (κ2) is 7.13. The smallest absolute Gasteiger partial charge is 0.0518 e. The monoisotopic (exact) mass is 318 g/mol. The highest BCUT2D eigenvalue weighted by atomic mass is 16.5. The van der Waals surface area contributed by atoms with E-state index in [1.165, 1.54) is 38.5 Å². The number of hydrogen-bond acceptors (Lipinski definition) is 1. The summed E-state index contributed by atoms with van der Waals surface area (Å²) in [6.07, 6.45) is 10.3. The predicted molar refractivity (Wildman–Crippen MR) is 101 cm³/mol. The summed E-state index contributed by atoms with van der Waals surface area (Å²) >= 11 is 0. The maximum atomic E-state index is 5.63. The van der Waals surface area contributed by atoms with E-state index in [-0.39, 0.29) is 0 Å². The van der Waals surface area contributed by atoms with Gasteiger partial charge in [0.2, 0.25) is 0 Å². The third-order valence-electron chi connectivity index (χ3n) is 7.08. The second-order valence-electron chi connectivity index (χ2n) is 8.83. The Labute approximate surface area is 144 Å². The fourth-order valence-corrected chi connectivity index (χ4v) is 5.53. The first kappa shape index (κ1) is 18.8. The zero-order valence-electron chi connectivity index (χ0n) is 16.6. The van der Waals surface area contributed by atoms with Crippen LogP contribution in [0.25, 0.3) is 0 Å². The van der Waals surface area contributed by atoms with Crippen molar-refractivity contribution in [3.63, 3.8) is 0 Å². The Morgan fingerprint density at radius 3 is 2.57 bits per heavy atom. The van der Waals surface area contributed by atoms with Crippen molar-refractivity contribution in [2.45, 2.75) is 80.1 Å². The van der Waals surface area contributed by atoms with Gasteiger partial charge in [-0.05, 0) is 67.3 Å². The van der Waals surface area contributed by atoms with Crippen LogP contribution in [0.1, 0.15) is 80.1 Å². The highest BCUT2D eigenvalue weighted by Gasteiger charge is 2.51. The van der Waals surface area contributed by atoms with Crippen LogP contribution in [-0.2, 0) is 4.74 Å². The maximum Gasteiger partial charge on any atom is 0.0518 e. The van der Waals surface area contributed by atoms with Crippen molar-refractivity contribution in [3.8, 4) is 0 Å². The average molecular weight is 319 g/mol. The van der Waals surface area contributed by atoms with Gasteiger partial charge in [-0.1, -0.05) is 58.3 Å². The zero-order chi connectivity index (χ0) is 17.3. The van der Waals surface area contributed by atoms with Gasteiger partial charge >= 0.3 is 0 Å². The minimum atomic E-state index is 0.351. The van der Waals surface area contributed by atoms with Gasteiger partial charge in [-0.3, -0.25) is 0 Å². The van der Waals surface area contributed by atoms with Crippen molar-refractivity contribution in [2.75, 3.05) is 13.7 Å². The van der Waals surface area contributed by atoms with Crippen LogP contribution in [0.5, 0.6) is 0 Å². The Kier molecular flexibility index (Phi) is 5.82. The Morgan fingerprint density at radius 1 is 1.30 bits per heavy atom. The van der Waals surface area contributed by atoms with Gasteiger partial charge in [0.05, 0.1) is 6.61 Å². The number of ether oxygens (including phenoxy) is 1. The van der Waals surface area contributed by atoms with E-state index in [1.54, 1.807) is 16.7 Å². The van der Waals surface area contributed by atoms with Gasteiger partial charge in [0, 0.05) is 7.11 Å². The average Bonchev–Trinajstić information content (AvgIpc) is 2.48. The summed E-state index contributed by atoms with van der Waals surface area (Å²) in [6.45, 7) is 15.3. The van der Waals surface area contributed by atoms with E-state index in [1.807, 2.05) is 7.11 Å². The summed E-state index contributed by atoms with van der Waals surface area (Å²) in [5.74, 6) is 1.43. The van der Waals surface area contributed by atoms with E-state index in [4.69, 9.17) is 4.74 Å². The standard InChI is InChI=1S/C22H38O/c1-8-18(16(2)3)14-19-10-11-20-21(5,15-23-7)12-9-13-22(20,6)17(19)4/h14,16,20H,8-13,15H2,1-7H3/b18-14+. The molecule has 23 heavy (non-hydrogen) atoms. The van der Waals surface area contributed by atoms with E-state index in [9.17, 15) is 0 Å².